The third kappa shape index (κ3) is 8.32. The number of hydrogen-bond acceptors (Lipinski definition) is 4. The summed E-state index contributed by atoms with van der Waals surface area (Å²) in [5.74, 6) is -0.759. The van der Waals surface area contributed by atoms with Crippen molar-refractivity contribution in [1.29, 1.82) is 0 Å². The van der Waals surface area contributed by atoms with Crippen molar-refractivity contribution in [1.82, 2.24) is 10.2 Å². The van der Waals surface area contributed by atoms with Gasteiger partial charge < -0.3 is 10.2 Å². The first kappa shape index (κ1) is 32.3. The number of hydrogen-bond donors (Lipinski definition) is 1. The standard InChI is InChI=1S/C36H38ClN3O4S/c1-27-19-21-33(22-20-27)45(43,44)40(32-17-6-3-7-18-32)26-35(41)39(25-29-13-10-14-30(37)23-29)34(24-28-11-4-2-5-12-28)36(42)38-31-15-8-9-16-31/h2-7,10-14,17-23,31,34H,8-9,15-16,24-26H2,1H3,(H,38,42)/t34-/m0/s1. The highest BCUT2D eigenvalue weighted by atomic mass is 35.5. The highest BCUT2D eigenvalue weighted by Crippen LogP contribution is 2.26. The number of nitrogens with one attached hydrogen (secondary N) is 1. The van der Waals surface area contributed by atoms with Crippen LogP contribution >= 0.6 is 11.6 Å². The van der Waals surface area contributed by atoms with Crippen LogP contribution in [0.15, 0.2) is 114 Å². The summed E-state index contributed by atoms with van der Waals surface area (Å²) in [7, 11) is -4.14. The van der Waals surface area contributed by atoms with Crippen molar-refractivity contribution in [2.75, 3.05) is 10.8 Å². The average molecular weight is 644 g/mol. The molecule has 0 heterocycles. The normalized spacial score (nSPS) is 14.1. The van der Waals surface area contributed by atoms with Crippen LogP contribution in [0.2, 0.25) is 5.02 Å². The minimum absolute atomic E-state index is 0.0432. The molecule has 1 atom stereocenters. The predicted octanol–water partition coefficient (Wildman–Crippen LogP) is 6.54. The van der Waals surface area contributed by atoms with Crippen LogP contribution in [-0.2, 0) is 32.6 Å². The second kappa shape index (κ2) is 14.8. The smallest absolute Gasteiger partial charge is 0.264 e. The molecular formula is C36H38ClN3O4S. The van der Waals surface area contributed by atoms with Crippen molar-refractivity contribution < 1.29 is 18.0 Å². The maximum Gasteiger partial charge on any atom is 0.264 e. The molecule has 0 unspecified atom stereocenters. The molecule has 4 aromatic carbocycles. The summed E-state index contributed by atoms with van der Waals surface area (Å²) in [4.78, 5) is 30.2. The van der Waals surface area contributed by atoms with Crippen molar-refractivity contribution in [3.05, 3.63) is 131 Å². The predicted molar refractivity (Wildman–Crippen MR) is 178 cm³/mol. The number of carbonyl (C=O) groups excluding carboxylic acids is 2. The van der Waals surface area contributed by atoms with Gasteiger partial charge in [-0.15, -0.1) is 0 Å². The molecule has 1 aliphatic carbocycles. The summed E-state index contributed by atoms with van der Waals surface area (Å²) in [6.07, 6.45) is 4.14. The van der Waals surface area contributed by atoms with Gasteiger partial charge in [0.1, 0.15) is 12.6 Å². The molecule has 0 aliphatic heterocycles. The summed E-state index contributed by atoms with van der Waals surface area (Å²) in [5.41, 5.74) is 2.89. The first-order chi connectivity index (χ1) is 21.7. The van der Waals surface area contributed by atoms with Crippen molar-refractivity contribution in [2.45, 2.75) is 62.6 Å². The number of halogens is 1. The fourth-order valence-corrected chi connectivity index (χ4v) is 7.34. The lowest BCUT2D eigenvalue weighted by molar-refractivity contribution is -0.140. The molecule has 0 bridgehead atoms. The van der Waals surface area contributed by atoms with Gasteiger partial charge in [0, 0.05) is 24.0 Å². The molecule has 234 valence electrons. The maximum absolute atomic E-state index is 14.5. The second-order valence-electron chi connectivity index (χ2n) is 11.5. The number of benzene rings is 4. The van der Waals surface area contributed by atoms with Crippen molar-refractivity contribution in [3.63, 3.8) is 0 Å². The number of sulfonamides is 1. The second-order valence-corrected chi connectivity index (χ2v) is 13.8. The van der Waals surface area contributed by atoms with Crippen LogP contribution in [0.1, 0.15) is 42.4 Å². The van der Waals surface area contributed by atoms with Gasteiger partial charge in [0.25, 0.3) is 10.0 Å². The van der Waals surface area contributed by atoms with Crippen LogP contribution < -0.4 is 9.62 Å². The first-order valence-corrected chi connectivity index (χ1v) is 17.1. The Labute approximate surface area is 270 Å². The quantitative estimate of drug-likeness (QED) is 0.190. The molecule has 7 nitrogen and oxygen atoms in total. The third-order valence-electron chi connectivity index (χ3n) is 8.15. The Morgan fingerprint density at radius 2 is 1.47 bits per heavy atom. The fraction of sp³-hybridized carbons (Fsp3) is 0.278. The Morgan fingerprint density at radius 1 is 0.844 bits per heavy atom. The van der Waals surface area contributed by atoms with Crippen LogP contribution in [0.3, 0.4) is 0 Å². The lowest BCUT2D eigenvalue weighted by Gasteiger charge is -2.34. The summed E-state index contributed by atoms with van der Waals surface area (Å²) in [6, 6.07) is 31.0. The molecule has 45 heavy (non-hydrogen) atoms. The van der Waals surface area contributed by atoms with E-state index < -0.39 is 28.5 Å². The van der Waals surface area contributed by atoms with Gasteiger partial charge in [-0.25, -0.2) is 8.42 Å². The van der Waals surface area contributed by atoms with Gasteiger partial charge in [-0.1, -0.05) is 103 Å². The van der Waals surface area contributed by atoms with E-state index in [4.69, 9.17) is 11.6 Å². The zero-order valence-electron chi connectivity index (χ0n) is 25.3. The van der Waals surface area contributed by atoms with E-state index in [0.29, 0.717) is 10.7 Å². The highest BCUT2D eigenvalue weighted by molar-refractivity contribution is 7.92. The van der Waals surface area contributed by atoms with Crippen LogP contribution in [-0.4, -0.2) is 43.8 Å². The molecule has 5 rings (SSSR count). The Morgan fingerprint density at radius 3 is 2.11 bits per heavy atom. The van der Waals surface area contributed by atoms with Gasteiger partial charge in [0.15, 0.2) is 0 Å². The van der Waals surface area contributed by atoms with Crippen molar-refractivity contribution >= 4 is 39.1 Å². The van der Waals surface area contributed by atoms with E-state index in [1.165, 1.54) is 4.90 Å². The van der Waals surface area contributed by atoms with E-state index in [1.807, 2.05) is 43.3 Å². The van der Waals surface area contributed by atoms with Crippen molar-refractivity contribution in [3.8, 4) is 0 Å². The Hall–Kier alpha value is -4.14. The van der Waals surface area contributed by atoms with Crippen LogP contribution in [0.4, 0.5) is 5.69 Å². The number of aryl methyl sites for hydroxylation is 1. The number of anilines is 1. The molecular weight excluding hydrogens is 606 g/mol. The summed E-state index contributed by atoms with van der Waals surface area (Å²) in [6.45, 7) is 1.46. The van der Waals surface area contributed by atoms with E-state index in [1.54, 1.807) is 72.8 Å². The first-order valence-electron chi connectivity index (χ1n) is 15.2. The molecule has 0 aromatic heterocycles. The molecule has 9 heteroatoms. The minimum Gasteiger partial charge on any atom is -0.352 e. The van der Waals surface area contributed by atoms with Crippen molar-refractivity contribution in [2.24, 2.45) is 0 Å². The van der Waals surface area contributed by atoms with Crippen LogP contribution in [0.5, 0.6) is 0 Å². The molecule has 4 aromatic rings. The zero-order valence-corrected chi connectivity index (χ0v) is 26.9. The SMILES string of the molecule is Cc1ccc(S(=O)(=O)N(CC(=O)N(Cc2cccc(Cl)c2)[C@@H](Cc2ccccc2)C(=O)NC2CCCC2)c2ccccc2)cc1. The van der Waals surface area contributed by atoms with Gasteiger partial charge in [-0.3, -0.25) is 13.9 Å². The van der Waals surface area contributed by atoms with E-state index in [9.17, 15) is 18.0 Å². The molecule has 0 saturated heterocycles. The van der Waals surface area contributed by atoms with E-state index >= 15 is 0 Å². The topological polar surface area (TPSA) is 86.8 Å². The molecule has 1 aliphatic rings. The number of carbonyl (C=O) groups is 2. The van der Waals surface area contributed by atoms with E-state index in [0.717, 1.165) is 46.7 Å². The number of nitrogens with zero attached hydrogens (tertiary/aromatic N) is 2. The summed E-state index contributed by atoms with van der Waals surface area (Å²) < 4.78 is 29.3. The van der Waals surface area contributed by atoms with Gasteiger partial charge in [0.05, 0.1) is 10.6 Å². The molecule has 0 radical (unpaired) electrons. The third-order valence-corrected chi connectivity index (χ3v) is 10.2. The number of amides is 2. The highest BCUT2D eigenvalue weighted by Gasteiger charge is 2.35. The molecule has 1 fully saturated rings. The largest absolute Gasteiger partial charge is 0.352 e. The fourth-order valence-electron chi connectivity index (χ4n) is 5.71. The van der Waals surface area contributed by atoms with Gasteiger partial charge in [0.2, 0.25) is 11.8 Å². The van der Waals surface area contributed by atoms with Gasteiger partial charge in [-0.05, 0) is 67.3 Å². The van der Waals surface area contributed by atoms with Crippen LogP contribution in [0, 0.1) is 6.92 Å². The minimum atomic E-state index is -4.14. The van der Waals surface area contributed by atoms with Gasteiger partial charge >= 0.3 is 0 Å². The number of para-hydroxylation sites is 1. The Balaban J connectivity index is 1.55. The maximum atomic E-state index is 14.5. The summed E-state index contributed by atoms with van der Waals surface area (Å²) >= 11 is 6.33. The molecule has 1 saturated carbocycles. The number of rotatable bonds is 12. The Kier molecular flexibility index (Phi) is 10.6. The zero-order chi connectivity index (χ0) is 31.8. The van der Waals surface area contributed by atoms with Crippen LogP contribution in [0.25, 0.3) is 0 Å². The molecule has 2 amide bonds. The molecule has 0 spiro atoms. The lowest BCUT2D eigenvalue weighted by atomic mass is 10.0. The van der Waals surface area contributed by atoms with E-state index in [2.05, 4.69) is 5.32 Å². The Bertz CT molecular complexity index is 1690. The van der Waals surface area contributed by atoms with Gasteiger partial charge in [-0.2, -0.15) is 0 Å². The summed E-state index contributed by atoms with van der Waals surface area (Å²) in [5, 5.41) is 3.69. The molecule has 1 N–H and O–H groups in total. The monoisotopic (exact) mass is 643 g/mol. The average Bonchev–Trinajstić information content (AvgIpc) is 3.55. The van der Waals surface area contributed by atoms with E-state index in [-0.39, 0.29) is 29.8 Å². The lowest BCUT2D eigenvalue weighted by Crippen LogP contribution is -2.54.